The highest BCUT2D eigenvalue weighted by molar-refractivity contribution is 5.96. The van der Waals surface area contributed by atoms with Crippen LogP contribution in [0.4, 0.5) is 4.39 Å². The van der Waals surface area contributed by atoms with Crippen molar-refractivity contribution in [3.63, 3.8) is 0 Å². The maximum atomic E-state index is 15.2. The first kappa shape index (κ1) is 26.6. The third-order valence-electron chi connectivity index (χ3n) is 8.18. The normalized spacial score (nSPS) is 14.4. The van der Waals surface area contributed by atoms with E-state index in [-0.39, 0.29) is 11.7 Å². The topological polar surface area (TPSA) is 47.8 Å². The molecule has 0 atom stereocenters. The number of rotatable bonds is 8. The first-order chi connectivity index (χ1) is 20.2. The maximum absolute atomic E-state index is 15.2. The molecule has 0 N–H and O–H groups in total. The number of imidazole rings is 1. The Bertz CT molecular complexity index is 1540. The van der Waals surface area contributed by atoms with Crippen molar-refractivity contribution >= 4 is 11.9 Å². The van der Waals surface area contributed by atoms with Gasteiger partial charge < -0.3 is 4.57 Å². The minimum atomic E-state index is -0.733. The number of carbonyl (C=O) groups excluding carboxylic acids is 1. The molecule has 1 fully saturated rings. The van der Waals surface area contributed by atoms with Crippen LogP contribution in [0, 0.1) is 11.7 Å². The van der Waals surface area contributed by atoms with Crippen molar-refractivity contribution in [3.8, 4) is 11.3 Å². The maximum Gasteiger partial charge on any atom is 0.158 e. The predicted octanol–water partition coefficient (Wildman–Crippen LogP) is 8.09. The van der Waals surface area contributed by atoms with E-state index in [1.54, 1.807) is 18.6 Å². The SMILES string of the molecule is O=C(/C=C/c1c(F)cncc1-c1cn(C(c2ccccc2)(c2ccccc2)c2ccccc2)cn1)C1CCCCC1. The Morgan fingerprint density at radius 2 is 1.37 bits per heavy atom. The molecule has 3 aromatic carbocycles. The summed E-state index contributed by atoms with van der Waals surface area (Å²) < 4.78 is 17.3. The zero-order valence-electron chi connectivity index (χ0n) is 22.9. The van der Waals surface area contributed by atoms with E-state index >= 15 is 4.39 Å². The Morgan fingerprint density at radius 1 is 0.805 bits per heavy atom. The first-order valence-electron chi connectivity index (χ1n) is 14.2. The number of allylic oxidation sites excluding steroid dienone is 1. The van der Waals surface area contributed by atoms with Crippen LogP contribution in [-0.4, -0.2) is 20.3 Å². The minimum Gasteiger partial charge on any atom is -0.318 e. The highest BCUT2D eigenvalue weighted by Gasteiger charge is 2.38. The lowest BCUT2D eigenvalue weighted by Gasteiger charge is -2.37. The van der Waals surface area contributed by atoms with Crippen molar-refractivity contribution in [1.29, 1.82) is 0 Å². The van der Waals surface area contributed by atoms with Crippen LogP contribution in [0.1, 0.15) is 54.4 Å². The smallest absolute Gasteiger partial charge is 0.158 e. The summed E-state index contributed by atoms with van der Waals surface area (Å²) in [6.07, 6.45) is 14.8. The number of benzene rings is 3. The lowest BCUT2D eigenvalue weighted by Crippen LogP contribution is -2.36. The lowest BCUT2D eigenvalue weighted by atomic mass is 9.77. The molecule has 1 aliphatic rings. The summed E-state index contributed by atoms with van der Waals surface area (Å²) in [6.45, 7) is 0. The van der Waals surface area contributed by atoms with Crippen molar-refractivity contribution in [2.24, 2.45) is 5.92 Å². The quantitative estimate of drug-likeness (QED) is 0.147. The molecule has 2 heterocycles. The molecular weight excluding hydrogens is 509 g/mol. The van der Waals surface area contributed by atoms with Gasteiger partial charge in [0, 0.05) is 29.4 Å². The van der Waals surface area contributed by atoms with Crippen molar-refractivity contribution in [3.05, 3.63) is 150 Å². The zero-order chi connectivity index (χ0) is 28.1. The van der Waals surface area contributed by atoms with Gasteiger partial charge in [0.25, 0.3) is 0 Å². The van der Waals surface area contributed by atoms with Crippen LogP contribution in [0.3, 0.4) is 0 Å². The Balaban J connectivity index is 1.48. The fourth-order valence-corrected chi connectivity index (χ4v) is 6.14. The number of ketones is 1. The van der Waals surface area contributed by atoms with Gasteiger partial charge in [0.05, 0.1) is 18.2 Å². The second-order valence-electron chi connectivity index (χ2n) is 10.6. The second-order valence-corrected chi connectivity index (χ2v) is 10.6. The number of hydrogen-bond acceptors (Lipinski definition) is 3. The largest absolute Gasteiger partial charge is 0.318 e. The van der Waals surface area contributed by atoms with Crippen molar-refractivity contribution < 1.29 is 9.18 Å². The Hall–Kier alpha value is -4.64. The van der Waals surface area contributed by atoms with Gasteiger partial charge in [-0.25, -0.2) is 9.37 Å². The average molecular weight is 542 g/mol. The average Bonchev–Trinajstić information content (AvgIpc) is 3.53. The Labute approximate surface area is 240 Å². The molecule has 204 valence electrons. The van der Waals surface area contributed by atoms with E-state index in [0.717, 1.165) is 42.4 Å². The molecule has 0 saturated heterocycles. The van der Waals surface area contributed by atoms with Crippen LogP contribution in [0.2, 0.25) is 0 Å². The van der Waals surface area contributed by atoms with Crippen molar-refractivity contribution in [2.75, 3.05) is 0 Å². The molecule has 0 aliphatic heterocycles. The molecule has 41 heavy (non-hydrogen) atoms. The Kier molecular flexibility index (Phi) is 7.68. The highest BCUT2D eigenvalue weighted by atomic mass is 19.1. The van der Waals surface area contributed by atoms with Gasteiger partial charge in [-0.15, -0.1) is 0 Å². The molecule has 0 bridgehead atoms. The van der Waals surface area contributed by atoms with E-state index in [0.29, 0.717) is 16.8 Å². The third-order valence-corrected chi connectivity index (χ3v) is 8.18. The summed E-state index contributed by atoms with van der Waals surface area (Å²) in [5.74, 6) is -0.394. The van der Waals surface area contributed by atoms with Crippen LogP contribution >= 0.6 is 0 Å². The number of carbonyl (C=O) groups is 1. The molecule has 1 saturated carbocycles. The second kappa shape index (κ2) is 11.8. The van der Waals surface area contributed by atoms with Gasteiger partial charge in [-0.3, -0.25) is 9.78 Å². The molecule has 0 unspecified atom stereocenters. The summed E-state index contributed by atoms with van der Waals surface area (Å²) in [6, 6.07) is 31.0. The van der Waals surface area contributed by atoms with Gasteiger partial charge in [0.15, 0.2) is 5.78 Å². The highest BCUT2D eigenvalue weighted by Crippen LogP contribution is 2.41. The molecule has 0 radical (unpaired) electrons. The van der Waals surface area contributed by atoms with E-state index in [9.17, 15) is 4.79 Å². The van der Waals surface area contributed by atoms with Crippen molar-refractivity contribution in [2.45, 2.75) is 37.6 Å². The molecule has 4 nitrogen and oxygen atoms in total. The van der Waals surface area contributed by atoms with E-state index < -0.39 is 11.4 Å². The number of pyridine rings is 1. The number of aromatic nitrogens is 3. The van der Waals surface area contributed by atoms with E-state index in [4.69, 9.17) is 4.98 Å². The Morgan fingerprint density at radius 3 is 1.93 bits per heavy atom. The number of nitrogens with zero attached hydrogens (tertiary/aromatic N) is 3. The molecule has 6 rings (SSSR count). The van der Waals surface area contributed by atoms with Crippen molar-refractivity contribution in [1.82, 2.24) is 14.5 Å². The molecule has 0 spiro atoms. The van der Waals surface area contributed by atoms with Gasteiger partial charge >= 0.3 is 0 Å². The molecular formula is C36H32FN3O. The fourth-order valence-electron chi connectivity index (χ4n) is 6.14. The predicted molar refractivity (Wildman–Crippen MR) is 161 cm³/mol. The lowest BCUT2D eigenvalue weighted by molar-refractivity contribution is -0.119. The van der Waals surface area contributed by atoms with Crippen LogP contribution in [0.15, 0.2) is 122 Å². The van der Waals surface area contributed by atoms with E-state index in [1.807, 2.05) is 60.8 Å². The molecule has 1 aliphatic carbocycles. The van der Waals surface area contributed by atoms with Gasteiger partial charge in [0.1, 0.15) is 11.4 Å². The number of halogens is 1. The summed E-state index contributed by atoms with van der Waals surface area (Å²) in [7, 11) is 0. The first-order valence-corrected chi connectivity index (χ1v) is 14.2. The van der Waals surface area contributed by atoms with Crippen LogP contribution in [0.5, 0.6) is 0 Å². The molecule has 0 amide bonds. The van der Waals surface area contributed by atoms with E-state index in [1.165, 1.54) is 18.7 Å². The molecule has 5 aromatic rings. The number of hydrogen-bond donors (Lipinski definition) is 0. The van der Waals surface area contributed by atoms with Crippen LogP contribution in [-0.2, 0) is 10.3 Å². The summed E-state index contributed by atoms with van der Waals surface area (Å²) in [4.78, 5) is 21.8. The molecule has 2 aromatic heterocycles. The third kappa shape index (κ3) is 5.16. The zero-order valence-corrected chi connectivity index (χ0v) is 22.9. The van der Waals surface area contributed by atoms with Gasteiger partial charge in [-0.05, 0) is 41.7 Å². The summed E-state index contributed by atoms with van der Waals surface area (Å²) in [5, 5.41) is 0. The van der Waals surface area contributed by atoms with E-state index in [2.05, 4.69) is 45.9 Å². The van der Waals surface area contributed by atoms with Gasteiger partial charge in [-0.1, -0.05) is 110 Å². The summed E-state index contributed by atoms with van der Waals surface area (Å²) >= 11 is 0. The summed E-state index contributed by atoms with van der Waals surface area (Å²) in [5.41, 5.74) is 3.90. The minimum absolute atomic E-state index is 0.0239. The molecule has 5 heteroatoms. The van der Waals surface area contributed by atoms with Crippen LogP contribution in [0.25, 0.3) is 17.3 Å². The fraction of sp³-hybridized carbons (Fsp3) is 0.194. The van der Waals surface area contributed by atoms with Gasteiger partial charge in [-0.2, -0.15) is 0 Å². The standard InChI is InChI=1S/C36H32FN3O/c37-33-24-38-23-32(31(33)21-22-35(41)27-13-5-1-6-14-27)34-25-40(26-39-34)36(28-15-7-2-8-16-28,29-17-9-3-10-18-29)30-19-11-4-12-20-30/h2-4,7-12,15-27H,1,5-6,13-14H2/b22-21+. The van der Waals surface area contributed by atoms with Gasteiger partial charge in [0.2, 0.25) is 0 Å². The van der Waals surface area contributed by atoms with Crippen LogP contribution < -0.4 is 0 Å². The monoisotopic (exact) mass is 541 g/mol.